The number of hydrogen-bond donors (Lipinski definition) is 2. The molecule has 0 amide bonds. The number of benzene rings is 1. The van der Waals surface area contributed by atoms with Crippen molar-refractivity contribution in [1.82, 2.24) is 4.72 Å². The number of anilines is 1. The van der Waals surface area contributed by atoms with Gasteiger partial charge in [0.15, 0.2) is 0 Å². The third-order valence-corrected chi connectivity index (χ3v) is 5.51. The summed E-state index contributed by atoms with van der Waals surface area (Å²) in [6.45, 7) is 2.28. The molecule has 118 valence electrons. The van der Waals surface area contributed by atoms with Crippen LogP contribution in [0, 0.1) is 6.92 Å². The van der Waals surface area contributed by atoms with Crippen LogP contribution >= 0.6 is 11.6 Å². The Kier molecular flexibility index (Phi) is 5.48. The highest BCUT2D eigenvalue weighted by Crippen LogP contribution is 2.26. The first-order valence-electron chi connectivity index (χ1n) is 7.07. The van der Waals surface area contributed by atoms with E-state index in [0.717, 1.165) is 12.8 Å². The minimum absolute atomic E-state index is 0.119. The summed E-state index contributed by atoms with van der Waals surface area (Å²) in [7, 11) is -3.63. The van der Waals surface area contributed by atoms with Crippen molar-refractivity contribution in [3.63, 3.8) is 0 Å². The normalized spacial score (nSPS) is 16.5. The maximum absolute atomic E-state index is 12.3. The second-order valence-corrected chi connectivity index (χ2v) is 7.46. The first kappa shape index (κ1) is 16.5. The number of nitrogens with two attached hydrogens (primary N) is 1. The largest absolute Gasteiger partial charge is 0.398 e. The van der Waals surface area contributed by atoms with Gasteiger partial charge in [-0.2, -0.15) is 0 Å². The van der Waals surface area contributed by atoms with Gasteiger partial charge >= 0.3 is 0 Å². The van der Waals surface area contributed by atoms with Crippen LogP contribution in [0.15, 0.2) is 17.0 Å². The number of halogens is 1. The summed E-state index contributed by atoms with van der Waals surface area (Å²) in [5.74, 6) is 0. The van der Waals surface area contributed by atoms with Crippen molar-refractivity contribution in [3.8, 4) is 0 Å². The molecule has 3 N–H and O–H groups in total. The summed E-state index contributed by atoms with van der Waals surface area (Å²) in [5, 5.41) is 0.306. The fraction of sp³-hybridized carbons (Fsp3) is 0.571. The Morgan fingerprint density at radius 3 is 2.71 bits per heavy atom. The third-order valence-electron chi connectivity index (χ3n) is 3.70. The van der Waals surface area contributed by atoms with Crippen LogP contribution < -0.4 is 10.5 Å². The van der Waals surface area contributed by atoms with E-state index in [9.17, 15) is 8.42 Å². The lowest BCUT2D eigenvalue weighted by Crippen LogP contribution is -2.29. The highest BCUT2D eigenvalue weighted by Gasteiger charge is 2.19. The quantitative estimate of drug-likeness (QED) is 0.619. The monoisotopic (exact) mass is 332 g/mol. The van der Waals surface area contributed by atoms with E-state index in [1.165, 1.54) is 18.9 Å². The molecule has 1 aliphatic carbocycles. The number of nitrogens with one attached hydrogen (secondary N) is 1. The smallest absolute Gasteiger partial charge is 0.241 e. The first-order chi connectivity index (χ1) is 9.90. The second kappa shape index (κ2) is 6.96. The Morgan fingerprint density at radius 1 is 1.38 bits per heavy atom. The molecule has 0 bridgehead atoms. The van der Waals surface area contributed by atoms with Gasteiger partial charge in [-0.25, -0.2) is 13.1 Å². The molecule has 0 aromatic heterocycles. The predicted octanol–water partition coefficient (Wildman–Crippen LogP) is 2.47. The Hall–Kier alpha value is -0.820. The Morgan fingerprint density at radius 2 is 2.05 bits per heavy atom. The van der Waals surface area contributed by atoms with Crippen LogP contribution in [0.4, 0.5) is 5.69 Å². The molecule has 7 heteroatoms. The second-order valence-electron chi connectivity index (χ2n) is 5.29. The van der Waals surface area contributed by atoms with Crippen LogP contribution in [-0.2, 0) is 14.8 Å². The maximum atomic E-state index is 12.3. The fourth-order valence-corrected chi connectivity index (χ4v) is 4.09. The standard InChI is InChI=1S/C14H21ClN2O3S/c1-10-13(16)8-11(15)9-14(10)21(18,19)17-6-7-20-12-4-2-3-5-12/h8-9,12,17H,2-7,16H2,1H3. The first-order valence-corrected chi connectivity index (χ1v) is 8.93. The molecule has 0 unspecified atom stereocenters. The van der Waals surface area contributed by atoms with Crippen LogP contribution in [0.1, 0.15) is 31.2 Å². The van der Waals surface area contributed by atoms with Crippen LogP contribution in [0.25, 0.3) is 0 Å². The van der Waals surface area contributed by atoms with Gasteiger partial charge in [0, 0.05) is 17.3 Å². The molecule has 2 rings (SSSR count). The lowest BCUT2D eigenvalue weighted by Gasteiger charge is -2.13. The molecule has 1 fully saturated rings. The van der Waals surface area contributed by atoms with E-state index in [-0.39, 0.29) is 17.5 Å². The van der Waals surface area contributed by atoms with E-state index in [4.69, 9.17) is 22.1 Å². The van der Waals surface area contributed by atoms with Crippen molar-refractivity contribution in [2.45, 2.75) is 43.6 Å². The Bertz CT molecular complexity index is 598. The number of rotatable bonds is 6. The molecule has 0 aliphatic heterocycles. The summed E-state index contributed by atoms with van der Waals surface area (Å²) < 4.78 is 32.7. The summed E-state index contributed by atoms with van der Waals surface area (Å²) in [6.07, 6.45) is 4.79. The molecule has 0 atom stereocenters. The average Bonchev–Trinajstić information content (AvgIpc) is 2.92. The molecule has 1 aliphatic rings. The lowest BCUT2D eigenvalue weighted by molar-refractivity contribution is 0.0626. The van der Waals surface area contributed by atoms with E-state index < -0.39 is 10.0 Å². The zero-order chi connectivity index (χ0) is 15.5. The lowest BCUT2D eigenvalue weighted by atomic mass is 10.2. The Labute approximate surface area is 130 Å². The zero-order valence-electron chi connectivity index (χ0n) is 12.1. The highest BCUT2D eigenvalue weighted by atomic mass is 35.5. The maximum Gasteiger partial charge on any atom is 0.241 e. The number of sulfonamides is 1. The molecule has 0 saturated heterocycles. The predicted molar refractivity (Wildman–Crippen MR) is 84.0 cm³/mol. The van der Waals surface area contributed by atoms with Gasteiger partial charge in [-0.15, -0.1) is 0 Å². The summed E-state index contributed by atoms with van der Waals surface area (Å²) in [6, 6.07) is 2.95. The van der Waals surface area contributed by atoms with Crippen molar-refractivity contribution in [3.05, 3.63) is 22.7 Å². The van der Waals surface area contributed by atoms with Crippen molar-refractivity contribution < 1.29 is 13.2 Å². The molecule has 1 saturated carbocycles. The van der Waals surface area contributed by atoms with Gasteiger partial charge in [-0.3, -0.25) is 0 Å². The summed E-state index contributed by atoms with van der Waals surface area (Å²) in [5.41, 5.74) is 6.62. The zero-order valence-corrected chi connectivity index (χ0v) is 13.6. The number of ether oxygens (including phenoxy) is 1. The van der Waals surface area contributed by atoms with Crippen molar-refractivity contribution in [2.24, 2.45) is 0 Å². The van der Waals surface area contributed by atoms with E-state index in [2.05, 4.69) is 4.72 Å². The third kappa shape index (κ3) is 4.32. The van der Waals surface area contributed by atoms with E-state index in [0.29, 0.717) is 22.9 Å². The summed E-state index contributed by atoms with van der Waals surface area (Å²) in [4.78, 5) is 0.119. The SMILES string of the molecule is Cc1c(N)cc(Cl)cc1S(=O)(=O)NCCOC1CCCC1. The average molecular weight is 333 g/mol. The van der Waals surface area contributed by atoms with Gasteiger partial charge in [0.1, 0.15) is 0 Å². The molecule has 1 aromatic carbocycles. The van der Waals surface area contributed by atoms with Crippen molar-refractivity contribution in [1.29, 1.82) is 0 Å². The van der Waals surface area contributed by atoms with Gasteiger partial charge in [-0.1, -0.05) is 24.4 Å². The van der Waals surface area contributed by atoms with Crippen molar-refractivity contribution in [2.75, 3.05) is 18.9 Å². The molecular weight excluding hydrogens is 312 g/mol. The van der Waals surface area contributed by atoms with Crippen LogP contribution in [0.5, 0.6) is 0 Å². The molecule has 5 nitrogen and oxygen atoms in total. The molecule has 0 spiro atoms. The molecule has 0 radical (unpaired) electrons. The highest BCUT2D eigenvalue weighted by molar-refractivity contribution is 7.89. The van der Waals surface area contributed by atoms with Crippen molar-refractivity contribution >= 4 is 27.3 Å². The van der Waals surface area contributed by atoms with Gasteiger partial charge in [0.2, 0.25) is 10.0 Å². The van der Waals surface area contributed by atoms with E-state index >= 15 is 0 Å². The van der Waals surface area contributed by atoms with Crippen LogP contribution in [0.3, 0.4) is 0 Å². The molecule has 21 heavy (non-hydrogen) atoms. The number of nitrogen functional groups attached to an aromatic ring is 1. The van der Waals surface area contributed by atoms with Gasteiger partial charge in [0.25, 0.3) is 0 Å². The molecular formula is C14H21ClN2O3S. The minimum atomic E-state index is -3.63. The minimum Gasteiger partial charge on any atom is -0.398 e. The van der Waals surface area contributed by atoms with Crippen LogP contribution in [0.2, 0.25) is 5.02 Å². The van der Waals surface area contributed by atoms with E-state index in [1.807, 2.05) is 0 Å². The number of hydrogen-bond acceptors (Lipinski definition) is 4. The van der Waals surface area contributed by atoms with Crippen LogP contribution in [-0.4, -0.2) is 27.7 Å². The molecule has 1 aromatic rings. The van der Waals surface area contributed by atoms with E-state index in [1.54, 1.807) is 13.0 Å². The Balaban J connectivity index is 1.95. The topological polar surface area (TPSA) is 81.4 Å². The summed E-state index contributed by atoms with van der Waals surface area (Å²) >= 11 is 5.88. The van der Waals surface area contributed by atoms with Gasteiger partial charge in [0.05, 0.1) is 17.6 Å². The fourth-order valence-electron chi connectivity index (χ4n) is 2.49. The van der Waals surface area contributed by atoms with Gasteiger partial charge < -0.3 is 10.5 Å². The molecule has 0 heterocycles. The van der Waals surface area contributed by atoms with Gasteiger partial charge in [-0.05, 0) is 37.5 Å².